The van der Waals surface area contributed by atoms with Crippen LogP contribution in [0.4, 0.5) is 0 Å². The van der Waals surface area contributed by atoms with E-state index in [0.717, 1.165) is 24.0 Å². The molecule has 2 N–H and O–H groups in total. The zero-order valence-corrected chi connectivity index (χ0v) is 17.2. The highest BCUT2D eigenvalue weighted by molar-refractivity contribution is 5.93. The van der Waals surface area contributed by atoms with Crippen LogP contribution in [0.5, 0.6) is 0 Å². The summed E-state index contributed by atoms with van der Waals surface area (Å²) >= 11 is 0. The summed E-state index contributed by atoms with van der Waals surface area (Å²) in [6.45, 7) is 4.68. The van der Waals surface area contributed by atoms with E-state index >= 15 is 0 Å². The van der Waals surface area contributed by atoms with E-state index in [-0.39, 0.29) is 23.9 Å². The summed E-state index contributed by atoms with van der Waals surface area (Å²) in [5, 5.41) is 5.81. The van der Waals surface area contributed by atoms with Crippen molar-refractivity contribution in [1.29, 1.82) is 0 Å². The van der Waals surface area contributed by atoms with Gasteiger partial charge in [0.15, 0.2) is 0 Å². The Kier molecular flexibility index (Phi) is 8.20. The molecule has 0 heterocycles. The van der Waals surface area contributed by atoms with Crippen LogP contribution in [-0.4, -0.2) is 36.9 Å². The van der Waals surface area contributed by atoms with Gasteiger partial charge in [0, 0.05) is 19.2 Å². The van der Waals surface area contributed by atoms with Gasteiger partial charge in [-0.3, -0.25) is 14.5 Å². The Balaban J connectivity index is 1.98. The summed E-state index contributed by atoms with van der Waals surface area (Å²) in [7, 11) is 3.56. The normalized spacial score (nSPS) is 13.0. The van der Waals surface area contributed by atoms with Crippen LogP contribution in [-0.2, 0) is 11.3 Å². The molecule has 2 aromatic carbocycles. The van der Waals surface area contributed by atoms with Crippen molar-refractivity contribution in [3.8, 4) is 0 Å². The van der Waals surface area contributed by atoms with Crippen molar-refractivity contribution in [2.24, 2.45) is 0 Å². The minimum absolute atomic E-state index is 0.0202. The van der Waals surface area contributed by atoms with Gasteiger partial charge >= 0.3 is 0 Å². The van der Waals surface area contributed by atoms with Gasteiger partial charge in [-0.05, 0) is 43.7 Å². The maximum atomic E-state index is 12.8. The second-order valence-electron chi connectivity index (χ2n) is 7.13. The Bertz CT molecular complexity index is 759. The Labute approximate surface area is 168 Å². The van der Waals surface area contributed by atoms with E-state index in [1.807, 2.05) is 49.2 Å². The third-order valence-electron chi connectivity index (χ3n) is 5.01. The zero-order valence-electron chi connectivity index (χ0n) is 17.2. The van der Waals surface area contributed by atoms with Gasteiger partial charge < -0.3 is 10.6 Å². The number of benzene rings is 2. The number of nitrogens with zero attached hydrogens (tertiary/aromatic N) is 1. The predicted molar refractivity (Wildman–Crippen MR) is 113 cm³/mol. The molecule has 0 aliphatic rings. The van der Waals surface area contributed by atoms with E-state index in [1.54, 1.807) is 19.2 Å². The lowest BCUT2D eigenvalue weighted by molar-refractivity contribution is -0.126. The van der Waals surface area contributed by atoms with E-state index in [1.165, 1.54) is 0 Å². The Morgan fingerprint density at radius 3 is 2.25 bits per heavy atom. The first-order valence-electron chi connectivity index (χ1n) is 9.82. The van der Waals surface area contributed by atoms with Gasteiger partial charge in [0.2, 0.25) is 5.91 Å². The third kappa shape index (κ3) is 5.92. The number of carbonyl (C=O) groups excluding carboxylic acids is 2. The standard InChI is InChI=1S/C23H31N3O2/c1-5-9-21(19-10-7-6-8-11-19)25-22(27)17(2)26(4)16-18-12-14-20(15-13-18)23(28)24-3/h6-8,10-15,17,21H,5,9,16H2,1-4H3,(H,24,28)(H,25,27). The molecule has 2 unspecified atom stereocenters. The lowest BCUT2D eigenvalue weighted by Crippen LogP contribution is -2.44. The molecule has 0 saturated carbocycles. The number of rotatable bonds is 9. The van der Waals surface area contributed by atoms with Gasteiger partial charge in [0.25, 0.3) is 5.91 Å². The molecule has 2 atom stereocenters. The third-order valence-corrected chi connectivity index (χ3v) is 5.01. The Morgan fingerprint density at radius 2 is 1.68 bits per heavy atom. The molecule has 0 saturated heterocycles. The molecular weight excluding hydrogens is 350 g/mol. The molecule has 0 spiro atoms. The fraction of sp³-hybridized carbons (Fsp3) is 0.391. The molecule has 2 rings (SSSR count). The highest BCUT2D eigenvalue weighted by atomic mass is 16.2. The van der Waals surface area contributed by atoms with Crippen LogP contribution in [0.2, 0.25) is 0 Å². The lowest BCUT2D eigenvalue weighted by atomic mass is 10.0. The fourth-order valence-corrected chi connectivity index (χ4v) is 3.12. The molecule has 28 heavy (non-hydrogen) atoms. The first-order chi connectivity index (χ1) is 13.5. The van der Waals surface area contributed by atoms with E-state index in [9.17, 15) is 9.59 Å². The van der Waals surface area contributed by atoms with E-state index in [4.69, 9.17) is 0 Å². The summed E-state index contributed by atoms with van der Waals surface area (Å²) in [6, 6.07) is 17.3. The molecule has 5 heteroatoms. The van der Waals surface area contributed by atoms with Gasteiger partial charge in [-0.1, -0.05) is 55.8 Å². The number of likely N-dealkylation sites (N-methyl/N-ethyl adjacent to an activating group) is 1. The fourth-order valence-electron chi connectivity index (χ4n) is 3.12. The van der Waals surface area contributed by atoms with Crippen molar-refractivity contribution in [2.45, 2.75) is 45.3 Å². The molecule has 0 aromatic heterocycles. The number of hydrogen-bond acceptors (Lipinski definition) is 3. The molecule has 2 aromatic rings. The van der Waals surface area contributed by atoms with E-state index in [0.29, 0.717) is 12.1 Å². The van der Waals surface area contributed by atoms with Crippen molar-refractivity contribution >= 4 is 11.8 Å². The van der Waals surface area contributed by atoms with Crippen LogP contribution >= 0.6 is 0 Å². The SMILES string of the molecule is CCCC(NC(=O)C(C)N(C)Cc1ccc(C(=O)NC)cc1)c1ccccc1. The molecule has 2 amide bonds. The molecule has 0 fully saturated rings. The molecule has 150 valence electrons. The van der Waals surface area contributed by atoms with Crippen molar-refractivity contribution in [3.63, 3.8) is 0 Å². The molecular formula is C23H31N3O2. The van der Waals surface area contributed by atoms with Crippen molar-refractivity contribution in [2.75, 3.05) is 14.1 Å². The second kappa shape index (κ2) is 10.6. The van der Waals surface area contributed by atoms with Gasteiger partial charge in [-0.2, -0.15) is 0 Å². The highest BCUT2D eigenvalue weighted by Gasteiger charge is 2.21. The lowest BCUT2D eigenvalue weighted by Gasteiger charge is -2.27. The predicted octanol–water partition coefficient (Wildman–Crippen LogP) is 3.52. The molecule has 0 aliphatic carbocycles. The summed E-state index contributed by atoms with van der Waals surface area (Å²) in [5.41, 5.74) is 2.82. The summed E-state index contributed by atoms with van der Waals surface area (Å²) in [4.78, 5) is 26.5. The number of hydrogen-bond donors (Lipinski definition) is 2. The van der Waals surface area contributed by atoms with E-state index in [2.05, 4.69) is 29.7 Å². The largest absolute Gasteiger partial charge is 0.355 e. The van der Waals surface area contributed by atoms with Crippen LogP contribution in [0.25, 0.3) is 0 Å². The van der Waals surface area contributed by atoms with Gasteiger partial charge in [0.05, 0.1) is 12.1 Å². The summed E-state index contributed by atoms with van der Waals surface area (Å²) in [5.74, 6) is -0.0812. The molecule has 0 radical (unpaired) electrons. The topological polar surface area (TPSA) is 61.4 Å². The van der Waals surface area contributed by atoms with Crippen LogP contribution in [0, 0.1) is 0 Å². The Hall–Kier alpha value is -2.66. The van der Waals surface area contributed by atoms with Crippen LogP contribution in [0.1, 0.15) is 54.2 Å². The highest BCUT2D eigenvalue weighted by Crippen LogP contribution is 2.19. The number of carbonyl (C=O) groups is 2. The summed E-state index contributed by atoms with van der Waals surface area (Å²) < 4.78 is 0. The van der Waals surface area contributed by atoms with Gasteiger partial charge in [-0.25, -0.2) is 0 Å². The molecule has 0 bridgehead atoms. The molecule has 5 nitrogen and oxygen atoms in total. The monoisotopic (exact) mass is 381 g/mol. The van der Waals surface area contributed by atoms with Crippen LogP contribution < -0.4 is 10.6 Å². The van der Waals surface area contributed by atoms with Crippen LogP contribution in [0.15, 0.2) is 54.6 Å². The van der Waals surface area contributed by atoms with Gasteiger partial charge in [-0.15, -0.1) is 0 Å². The number of amides is 2. The average Bonchev–Trinajstić information content (AvgIpc) is 2.73. The quantitative estimate of drug-likeness (QED) is 0.699. The van der Waals surface area contributed by atoms with Crippen LogP contribution in [0.3, 0.4) is 0 Å². The zero-order chi connectivity index (χ0) is 20.5. The average molecular weight is 382 g/mol. The number of nitrogens with one attached hydrogen (secondary N) is 2. The maximum Gasteiger partial charge on any atom is 0.251 e. The first kappa shape index (κ1) is 21.6. The first-order valence-corrected chi connectivity index (χ1v) is 9.82. The summed E-state index contributed by atoms with van der Waals surface area (Å²) in [6.07, 6.45) is 1.91. The molecule has 0 aliphatic heterocycles. The smallest absolute Gasteiger partial charge is 0.251 e. The minimum Gasteiger partial charge on any atom is -0.355 e. The van der Waals surface area contributed by atoms with Crippen molar-refractivity contribution in [1.82, 2.24) is 15.5 Å². The van der Waals surface area contributed by atoms with Crippen molar-refractivity contribution in [3.05, 3.63) is 71.3 Å². The Morgan fingerprint density at radius 1 is 1.04 bits per heavy atom. The maximum absolute atomic E-state index is 12.8. The van der Waals surface area contributed by atoms with Crippen molar-refractivity contribution < 1.29 is 9.59 Å². The minimum atomic E-state index is -0.262. The second-order valence-corrected chi connectivity index (χ2v) is 7.13. The van der Waals surface area contributed by atoms with E-state index < -0.39 is 0 Å². The van der Waals surface area contributed by atoms with Gasteiger partial charge in [0.1, 0.15) is 0 Å².